The van der Waals surface area contributed by atoms with Gasteiger partial charge in [0.15, 0.2) is 0 Å². The van der Waals surface area contributed by atoms with Crippen LogP contribution >= 0.6 is 11.8 Å². The molecule has 1 saturated heterocycles. The molecule has 1 aliphatic rings. The largest absolute Gasteiger partial charge is 0.341 e. The predicted molar refractivity (Wildman–Crippen MR) is 83.5 cm³/mol. The van der Waals surface area contributed by atoms with E-state index in [9.17, 15) is 4.79 Å². The Labute approximate surface area is 128 Å². The molecule has 3 rings (SSSR count). The summed E-state index contributed by atoms with van der Waals surface area (Å²) in [6, 6.07) is 5.51. The van der Waals surface area contributed by atoms with Crippen molar-refractivity contribution in [1.29, 1.82) is 0 Å². The van der Waals surface area contributed by atoms with Gasteiger partial charge in [-0.25, -0.2) is 4.98 Å². The highest BCUT2D eigenvalue weighted by Crippen LogP contribution is 2.33. The van der Waals surface area contributed by atoms with E-state index in [1.54, 1.807) is 6.07 Å². The van der Waals surface area contributed by atoms with Crippen molar-refractivity contribution in [2.75, 3.05) is 19.6 Å². The summed E-state index contributed by atoms with van der Waals surface area (Å²) in [5.41, 5.74) is 2.06. The molecule has 0 bridgehead atoms. The van der Waals surface area contributed by atoms with Gasteiger partial charge in [-0.1, -0.05) is 19.9 Å². The Morgan fingerprint density at radius 1 is 1.57 bits per heavy atom. The molecule has 1 fully saturated rings. The fourth-order valence-electron chi connectivity index (χ4n) is 3.07. The number of likely N-dealkylation sites (tertiary alicyclic amines) is 1. The first-order valence-electron chi connectivity index (χ1n) is 7.20. The van der Waals surface area contributed by atoms with Crippen LogP contribution in [0.2, 0.25) is 0 Å². The van der Waals surface area contributed by atoms with Gasteiger partial charge < -0.3 is 9.88 Å². The molecular weight excluding hydrogens is 288 g/mol. The van der Waals surface area contributed by atoms with E-state index in [0.717, 1.165) is 37.4 Å². The van der Waals surface area contributed by atoms with Gasteiger partial charge in [-0.05, 0) is 31.6 Å². The van der Waals surface area contributed by atoms with Gasteiger partial charge in [-0.15, -0.1) is 0 Å². The molecule has 0 spiro atoms. The van der Waals surface area contributed by atoms with E-state index in [4.69, 9.17) is 16.8 Å². The van der Waals surface area contributed by atoms with Gasteiger partial charge in [0.1, 0.15) is 11.3 Å². The highest BCUT2D eigenvalue weighted by Gasteiger charge is 2.37. The van der Waals surface area contributed by atoms with Crippen LogP contribution in [-0.4, -0.2) is 40.4 Å². The molecule has 2 N–H and O–H groups in total. The molecule has 0 aliphatic carbocycles. The Balaban J connectivity index is 2.04. The maximum atomic E-state index is 11.8. The number of fused-ring (bicyclic) bond motifs is 1. The molecule has 5 nitrogen and oxygen atoms in total. The average molecular weight is 307 g/mol. The fraction of sp³-hybridized carbons (Fsp3) is 0.467. The molecular formula is C15H19ClN4O. The number of carbonyl (C=O) groups excluding carboxylic acids is 1. The Kier molecular flexibility index (Phi) is 3.63. The molecule has 1 aliphatic heterocycles. The zero-order valence-corrected chi connectivity index (χ0v) is 13.0. The second kappa shape index (κ2) is 5.31. The molecule has 2 aromatic rings. The van der Waals surface area contributed by atoms with Gasteiger partial charge in [-0.2, -0.15) is 0 Å². The molecule has 1 amide bonds. The molecule has 6 heteroatoms. The maximum absolute atomic E-state index is 11.8. The van der Waals surface area contributed by atoms with Crippen molar-refractivity contribution in [2.45, 2.75) is 25.7 Å². The topological polar surface area (TPSA) is 61.0 Å². The molecule has 1 atom stereocenters. The van der Waals surface area contributed by atoms with Gasteiger partial charge in [0.05, 0.1) is 11.1 Å². The quantitative estimate of drug-likeness (QED) is 0.856. The van der Waals surface area contributed by atoms with Gasteiger partial charge in [-0.3, -0.25) is 9.63 Å². The monoisotopic (exact) mass is 306 g/mol. The fourth-order valence-corrected chi connectivity index (χ4v) is 3.17. The van der Waals surface area contributed by atoms with E-state index in [2.05, 4.69) is 28.6 Å². The summed E-state index contributed by atoms with van der Waals surface area (Å²) in [5, 5.41) is 0. The van der Waals surface area contributed by atoms with E-state index >= 15 is 0 Å². The third-order valence-electron chi connectivity index (χ3n) is 4.41. The van der Waals surface area contributed by atoms with Crippen LogP contribution in [-0.2, 0) is 5.41 Å². The minimum atomic E-state index is -0.327. The summed E-state index contributed by atoms with van der Waals surface area (Å²) >= 11 is 5.44. The third-order valence-corrected chi connectivity index (χ3v) is 4.59. The summed E-state index contributed by atoms with van der Waals surface area (Å²) in [6.45, 7) is 7.52. The number of carbonyl (C=O) groups is 1. The highest BCUT2D eigenvalue weighted by atomic mass is 35.5. The molecule has 21 heavy (non-hydrogen) atoms. The van der Waals surface area contributed by atoms with Crippen molar-refractivity contribution in [3.05, 3.63) is 29.6 Å². The van der Waals surface area contributed by atoms with Crippen molar-refractivity contribution in [3.8, 4) is 0 Å². The van der Waals surface area contributed by atoms with Crippen molar-refractivity contribution in [2.24, 2.45) is 0 Å². The molecule has 2 heterocycles. The van der Waals surface area contributed by atoms with Gasteiger partial charge in [0.2, 0.25) is 0 Å². The number of rotatable bonds is 3. The van der Waals surface area contributed by atoms with E-state index in [0.29, 0.717) is 11.1 Å². The summed E-state index contributed by atoms with van der Waals surface area (Å²) in [4.78, 5) is 24.5. The van der Waals surface area contributed by atoms with Gasteiger partial charge >= 0.3 is 0 Å². The standard InChI is InChI=1S/C15H19ClN4O/c1-3-20-8-7-15(2,9-20)14-17-11-6-4-5-10(12(11)18-14)13(21)19-16/h4-6H,3,7-9H2,1-2H3,(H,17,18)(H,19,21). The summed E-state index contributed by atoms with van der Waals surface area (Å²) in [7, 11) is 0. The highest BCUT2D eigenvalue weighted by molar-refractivity contribution is 6.25. The van der Waals surface area contributed by atoms with Crippen LogP contribution in [0.4, 0.5) is 0 Å². The number of imidazole rings is 1. The molecule has 0 radical (unpaired) electrons. The number of aromatic amines is 1. The third kappa shape index (κ3) is 2.40. The van der Waals surface area contributed by atoms with Crippen molar-refractivity contribution >= 4 is 28.7 Å². The summed E-state index contributed by atoms with van der Waals surface area (Å²) in [6.07, 6.45) is 1.07. The summed E-state index contributed by atoms with van der Waals surface area (Å²) in [5.74, 6) is 0.621. The average Bonchev–Trinajstić information content (AvgIpc) is 3.10. The first-order valence-corrected chi connectivity index (χ1v) is 7.58. The van der Waals surface area contributed by atoms with Crippen LogP contribution in [0.15, 0.2) is 18.2 Å². The lowest BCUT2D eigenvalue weighted by Crippen LogP contribution is -2.29. The van der Waals surface area contributed by atoms with Gasteiger partial charge in [0, 0.05) is 23.7 Å². The van der Waals surface area contributed by atoms with Crippen LogP contribution in [0.25, 0.3) is 11.0 Å². The summed E-state index contributed by atoms with van der Waals surface area (Å²) < 4.78 is 0. The number of hydrogen-bond donors (Lipinski definition) is 2. The maximum Gasteiger partial charge on any atom is 0.267 e. The molecule has 112 valence electrons. The number of likely N-dealkylation sites (N-methyl/N-ethyl adjacent to an activating group) is 1. The number of benzene rings is 1. The Bertz CT molecular complexity index is 683. The Morgan fingerprint density at radius 3 is 3.05 bits per heavy atom. The van der Waals surface area contributed by atoms with E-state index in [1.807, 2.05) is 12.1 Å². The van der Waals surface area contributed by atoms with E-state index < -0.39 is 0 Å². The number of H-pyrrole nitrogens is 1. The lowest BCUT2D eigenvalue weighted by molar-refractivity contribution is 0.0983. The number of nitrogens with one attached hydrogen (secondary N) is 2. The number of para-hydroxylation sites is 1. The second-order valence-corrected chi connectivity index (χ2v) is 6.08. The first kappa shape index (κ1) is 14.4. The molecule has 1 aromatic heterocycles. The number of hydrogen-bond acceptors (Lipinski definition) is 3. The number of halogens is 1. The second-order valence-electron chi connectivity index (χ2n) is 5.89. The van der Waals surface area contributed by atoms with Crippen LogP contribution < -0.4 is 4.84 Å². The SMILES string of the molecule is CCN1CCC(C)(c2nc3c(C(=O)NCl)cccc3[nH]2)C1. The molecule has 0 saturated carbocycles. The molecule has 1 unspecified atom stereocenters. The van der Waals surface area contributed by atoms with Crippen molar-refractivity contribution in [3.63, 3.8) is 0 Å². The predicted octanol–water partition coefficient (Wildman–Crippen LogP) is 2.43. The Morgan fingerprint density at radius 2 is 2.38 bits per heavy atom. The lowest BCUT2D eigenvalue weighted by atomic mass is 9.89. The first-order chi connectivity index (χ1) is 10.1. The van der Waals surface area contributed by atoms with Crippen molar-refractivity contribution < 1.29 is 4.79 Å². The van der Waals surface area contributed by atoms with E-state index in [1.165, 1.54) is 0 Å². The van der Waals surface area contributed by atoms with Crippen LogP contribution in [0.3, 0.4) is 0 Å². The van der Waals surface area contributed by atoms with Crippen molar-refractivity contribution in [1.82, 2.24) is 19.7 Å². The molecule has 1 aromatic carbocycles. The van der Waals surface area contributed by atoms with Crippen LogP contribution in [0, 0.1) is 0 Å². The number of nitrogens with zero attached hydrogens (tertiary/aromatic N) is 2. The Hall–Kier alpha value is -1.59. The minimum Gasteiger partial charge on any atom is -0.341 e. The number of aromatic nitrogens is 2. The van der Waals surface area contributed by atoms with Gasteiger partial charge in [0.25, 0.3) is 5.91 Å². The number of amides is 1. The smallest absolute Gasteiger partial charge is 0.267 e. The van der Waals surface area contributed by atoms with Crippen LogP contribution in [0.5, 0.6) is 0 Å². The lowest BCUT2D eigenvalue weighted by Gasteiger charge is -2.21. The normalized spacial score (nSPS) is 22.8. The van der Waals surface area contributed by atoms with Crippen LogP contribution in [0.1, 0.15) is 36.5 Å². The zero-order chi connectivity index (χ0) is 15.0. The van der Waals surface area contributed by atoms with E-state index in [-0.39, 0.29) is 11.3 Å². The minimum absolute atomic E-state index is 0.00371. The zero-order valence-electron chi connectivity index (χ0n) is 12.2.